The number of carbonyl (C=O) groups excluding carboxylic acids is 1. The molecule has 0 saturated carbocycles. The summed E-state index contributed by atoms with van der Waals surface area (Å²) in [5.74, 6) is 0. The zero-order valence-corrected chi connectivity index (χ0v) is 8.10. The van der Waals surface area contributed by atoms with Gasteiger partial charge in [-0.3, -0.25) is 0 Å². The van der Waals surface area contributed by atoms with Crippen LogP contribution in [-0.4, -0.2) is 13.1 Å². The van der Waals surface area contributed by atoms with Crippen LogP contribution in [0.2, 0.25) is 0 Å². The summed E-state index contributed by atoms with van der Waals surface area (Å²) in [5.41, 5.74) is 0.823. The third kappa shape index (κ3) is 3.18. The molecular formula is C11H13O3. The van der Waals surface area contributed by atoms with Crippen LogP contribution < -0.4 is 0 Å². The molecule has 0 bridgehead atoms. The molecule has 3 heteroatoms. The van der Waals surface area contributed by atoms with Gasteiger partial charge in [0.1, 0.15) is 0 Å². The van der Waals surface area contributed by atoms with E-state index in [0.29, 0.717) is 6.61 Å². The number of benzene rings is 1. The second-order valence-electron chi connectivity index (χ2n) is 2.81. The first-order chi connectivity index (χ1) is 6.88. The molecule has 1 aromatic carbocycles. The van der Waals surface area contributed by atoms with Crippen molar-refractivity contribution in [3.8, 4) is 0 Å². The maximum Gasteiger partial charge on any atom is 0.420 e. The predicted octanol–water partition coefficient (Wildman–Crippen LogP) is 2.20. The molecule has 0 spiro atoms. The van der Waals surface area contributed by atoms with Crippen molar-refractivity contribution in [2.45, 2.75) is 19.6 Å². The Bertz CT molecular complexity index is 258. The summed E-state index contributed by atoms with van der Waals surface area (Å²) in [6.07, 6.45) is 0.250. The smallest absolute Gasteiger partial charge is 0.420 e. The van der Waals surface area contributed by atoms with Crippen LogP contribution in [0.1, 0.15) is 25.2 Å². The van der Waals surface area contributed by atoms with E-state index < -0.39 is 6.29 Å². The molecule has 1 rings (SSSR count). The summed E-state index contributed by atoms with van der Waals surface area (Å²) in [6, 6.07) is 9.32. The van der Waals surface area contributed by atoms with Gasteiger partial charge in [-0.15, -0.1) is 0 Å². The number of hydrogen-bond donors (Lipinski definition) is 0. The third-order valence-electron chi connectivity index (χ3n) is 1.70. The lowest BCUT2D eigenvalue weighted by Crippen LogP contribution is -2.08. The van der Waals surface area contributed by atoms with E-state index in [0.717, 1.165) is 12.0 Å². The van der Waals surface area contributed by atoms with Gasteiger partial charge in [-0.1, -0.05) is 37.3 Å². The summed E-state index contributed by atoms with van der Waals surface area (Å²) in [5, 5.41) is 0. The van der Waals surface area contributed by atoms with Gasteiger partial charge in [0, 0.05) is 5.56 Å². The fraction of sp³-hybridized carbons (Fsp3) is 0.364. The molecule has 1 radical (unpaired) electrons. The Morgan fingerprint density at radius 1 is 1.36 bits per heavy atom. The van der Waals surface area contributed by atoms with E-state index in [1.54, 1.807) is 0 Å². The maximum absolute atomic E-state index is 10.1. The highest BCUT2D eigenvalue weighted by Crippen LogP contribution is 2.17. The van der Waals surface area contributed by atoms with E-state index in [2.05, 4.69) is 0 Å². The van der Waals surface area contributed by atoms with Gasteiger partial charge in [0.25, 0.3) is 0 Å². The van der Waals surface area contributed by atoms with Gasteiger partial charge in [0.05, 0.1) is 6.61 Å². The van der Waals surface area contributed by atoms with Crippen molar-refractivity contribution in [3.63, 3.8) is 0 Å². The van der Waals surface area contributed by atoms with Crippen molar-refractivity contribution in [1.29, 1.82) is 0 Å². The Balaban J connectivity index is 2.62. The minimum absolute atomic E-state index is 0.557. The topological polar surface area (TPSA) is 35.5 Å². The van der Waals surface area contributed by atoms with E-state index in [-0.39, 0.29) is 0 Å². The quantitative estimate of drug-likeness (QED) is 0.650. The molecule has 0 aromatic heterocycles. The van der Waals surface area contributed by atoms with Crippen LogP contribution >= 0.6 is 0 Å². The summed E-state index contributed by atoms with van der Waals surface area (Å²) < 4.78 is 10.0. The highest BCUT2D eigenvalue weighted by molar-refractivity contribution is 5.39. The molecule has 0 heterocycles. The van der Waals surface area contributed by atoms with Crippen LogP contribution in [0.25, 0.3) is 0 Å². The highest BCUT2D eigenvalue weighted by Gasteiger charge is 2.11. The molecule has 3 nitrogen and oxygen atoms in total. The molecule has 1 atom stereocenters. The molecule has 0 fully saturated rings. The molecule has 0 saturated heterocycles. The van der Waals surface area contributed by atoms with Crippen molar-refractivity contribution in [3.05, 3.63) is 35.9 Å². The average Bonchev–Trinajstić information content (AvgIpc) is 2.25. The lowest BCUT2D eigenvalue weighted by molar-refractivity contribution is -0.0925. The van der Waals surface area contributed by atoms with Crippen molar-refractivity contribution < 1.29 is 14.3 Å². The third-order valence-corrected chi connectivity index (χ3v) is 1.70. The molecule has 0 aliphatic rings. The molecule has 0 amide bonds. The first kappa shape index (κ1) is 10.7. The van der Waals surface area contributed by atoms with Gasteiger partial charge in [-0.05, 0) is 6.42 Å². The van der Waals surface area contributed by atoms with Gasteiger partial charge in [-0.25, -0.2) is 4.79 Å². The summed E-state index contributed by atoms with van der Waals surface area (Å²) >= 11 is 0. The summed E-state index contributed by atoms with van der Waals surface area (Å²) in [7, 11) is 0. The molecule has 0 N–H and O–H groups in total. The fourth-order valence-corrected chi connectivity index (χ4v) is 1.08. The molecule has 75 valence electrons. The predicted molar refractivity (Wildman–Crippen MR) is 52.2 cm³/mol. The Hall–Kier alpha value is -1.35. The normalized spacial score (nSPS) is 12.1. The first-order valence-electron chi connectivity index (χ1n) is 4.57. The molecular weight excluding hydrogens is 180 g/mol. The second-order valence-corrected chi connectivity index (χ2v) is 2.81. The van der Waals surface area contributed by atoms with Gasteiger partial charge >= 0.3 is 6.47 Å². The van der Waals surface area contributed by atoms with E-state index in [4.69, 9.17) is 9.47 Å². The van der Waals surface area contributed by atoms with Gasteiger partial charge in [0.2, 0.25) is 6.29 Å². The van der Waals surface area contributed by atoms with E-state index in [1.165, 1.54) is 6.47 Å². The molecule has 14 heavy (non-hydrogen) atoms. The number of hydrogen-bond acceptors (Lipinski definition) is 3. The maximum atomic E-state index is 10.1. The Labute approximate surface area is 83.6 Å². The van der Waals surface area contributed by atoms with E-state index in [1.807, 2.05) is 37.3 Å². The molecule has 1 aromatic rings. The van der Waals surface area contributed by atoms with Crippen molar-refractivity contribution in [2.24, 2.45) is 0 Å². The zero-order valence-electron chi connectivity index (χ0n) is 8.10. The standard InChI is InChI=1S/C11H13O3/c1-2-8-13-11(14-9-12)10-6-4-3-5-7-10/h3-7,11H,2,8H2,1H3. The number of rotatable bonds is 6. The highest BCUT2D eigenvalue weighted by atomic mass is 16.7. The summed E-state index contributed by atoms with van der Waals surface area (Å²) in [4.78, 5) is 10.1. The average molecular weight is 193 g/mol. The van der Waals surface area contributed by atoms with Gasteiger partial charge in [0.15, 0.2) is 0 Å². The number of ether oxygens (including phenoxy) is 2. The SMILES string of the molecule is CCCOC(O[C]=O)c1ccccc1. The van der Waals surface area contributed by atoms with E-state index in [9.17, 15) is 4.79 Å². The van der Waals surface area contributed by atoms with E-state index >= 15 is 0 Å². The monoisotopic (exact) mass is 193 g/mol. The molecule has 0 aliphatic carbocycles. The second kappa shape index (κ2) is 6.16. The van der Waals surface area contributed by atoms with Gasteiger partial charge < -0.3 is 9.47 Å². The Kier molecular flexibility index (Phi) is 4.72. The fourth-order valence-electron chi connectivity index (χ4n) is 1.08. The van der Waals surface area contributed by atoms with Crippen LogP contribution in [-0.2, 0) is 14.3 Å². The minimum atomic E-state index is -0.631. The zero-order chi connectivity index (χ0) is 10.2. The van der Waals surface area contributed by atoms with Crippen molar-refractivity contribution in [1.82, 2.24) is 0 Å². The Morgan fingerprint density at radius 3 is 2.64 bits per heavy atom. The largest absolute Gasteiger partial charge is 0.423 e. The van der Waals surface area contributed by atoms with Crippen molar-refractivity contribution >= 4 is 6.47 Å². The van der Waals surface area contributed by atoms with Crippen LogP contribution in [0.15, 0.2) is 30.3 Å². The van der Waals surface area contributed by atoms with Crippen LogP contribution in [0.5, 0.6) is 0 Å². The summed E-state index contributed by atoms with van der Waals surface area (Å²) in [6.45, 7) is 3.95. The van der Waals surface area contributed by atoms with Crippen LogP contribution in [0.4, 0.5) is 0 Å². The van der Waals surface area contributed by atoms with Crippen LogP contribution in [0, 0.1) is 0 Å². The lowest BCUT2D eigenvalue weighted by atomic mass is 10.2. The first-order valence-corrected chi connectivity index (χ1v) is 4.57. The minimum Gasteiger partial charge on any atom is -0.423 e. The molecule has 0 aliphatic heterocycles. The van der Waals surface area contributed by atoms with Crippen LogP contribution in [0.3, 0.4) is 0 Å². The van der Waals surface area contributed by atoms with Crippen molar-refractivity contribution in [2.75, 3.05) is 6.61 Å². The van der Waals surface area contributed by atoms with Gasteiger partial charge in [-0.2, -0.15) is 0 Å². The lowest BCUT2D eigenvalue weighted by Gasteiger charge is -2.14. The molecule has 1 unspecified atom stereocenters. The Morgan fingerprint density at radius 2 is 2.07 bits per heavy atom.